The number of nitrogens with zero attached hydrogens (tertiary/aromatic N) is 1. The van der Waals surface area contributed by atoms with E-state index in [4.69, 9.17) is 0 Å². The average Bonchev–Trinajstić information content (AvgIpc) is 2.82. The van der Waals surface area contributed by atoms with E-state index in [1.165, 1.54) is 23.3 Å². The monoisotopic (exact) mass is 273 g/mol. The minimum Gasteiger partial charge on any atom is -0.302 e. The lowest BCUT2D eigenvalue weighted by Gasteiger charge is -2.20. The van der Waals surface area contributed by atoms with E-state index in [1.54, 1.807) is 6.07 Å². The minimum absolute atomic E-state index is 0.133. The summed E-state index contributed by atoms with van der Waals surface area (Å²) in [5.74, 6) is -1.42. The Balaban J connectivity index is 2.05. The van der Waals surface area contributed by atoms with Gasteiger partial charge in [-0.1, -0.05) is 30.3 Å². The van der Waals surface area contributed by atoms with Gasteiger partial charge in [-0.25, -0.2) is 8.78 Å². The van der Waals surface area contributed by atoms with Gasteiger partial charge in [0, 0.05) is 12.0 Å². The van der Waals surface area contributed by atoms with Gasteiger partial charge in [-0.05, 0) is 49.3 Å². The van der Waals surface area contributed by atoms with Crippen LogP contribution in [0.25, 0.3) is 0 Å². The van der Waals surface area contributed by atoms with Crippen molar-refractivity contribution in [2.75, 3.05) is 14.1 Å². The Labute approximate surface area is 117 Å². The lowest BCUT2D eigenvalue weighted by molar-refractivity contribution is 0.293. The van der Waals surface area contributed by atoms with Crippen molar-refractivity contribution in [1.82, 2.24) is 4.90 Å². The highest BCUT2D eigenvalue weighted by molar-refractivity contribution is 5.44. The number of fused-ring (bicyclic) bond motifs is 1. The summed E-state index contributed by atoms with van der Waals surface area (Å²) in [7, 11) is 4.10. The second-order valence-corrected chi connectivity index (χ2v) is 5.57. The zero-order valence-corrected chi connectivity index (χ0v) is 11.6. The molecule has 0 saturated carbocycles. The highest BCUT2D eigenvalue weighted by atomic mass is 19.2. The van der Waals surface area contributed by atoms with Gasteiger partial charge in [0.15, 0.2) is 11.6 Å². The second kappa shape index (κ2) is 4.98. The fourth-order valence-electron chi connectivity index (χ4n) is 3.14. The summed E-state index contributed by atoms with van der Waals surface area (Å²) in [5.41, 5.74) is 3.35. The zero-order chi connectivity index (χ0) is 14.3. The highest BCUT2D eigenvalue weighted by Crippen LogP contribution is 2.45. The van der Waals surface area contributed by atoms with Crippen LogP contribution in [0.4, 0.5) is 8.78 Å². The summed E-state index contributed by atoms with van der Waals surface area (Å²) in [5, 5.41) is 0. The third-order valence-electron chi connectivity index (χ3n) is 4.16. The minimum atomic E-state index is -0.788. The molecule has 0 saturated heterocycles. The first-order chi connectivity index (χ1) is 9.58. The summed E-state index contributed by atoms with van der Waals surface area (Å²) >= 11 is 0. The van der Waals surface area contributed by atoms with E-state index in [2.05, 4.69) is 31.1 Å². The van der Waals surface area contributed by atoms with E-state index >= 15 is 0 Å². The van der Waals surface area contributed by atoms with Gasteiger partial charge in [0.05, 0.1) is 0 Å². The normalized spacial score (nSPS) is 21.2. The van der Waals surface area contributed by atoms with Gasteiger partial charge in [-0.3, -0.25) is 0 Å². The van der Waals surface area contributed by atoms with Crippen molar-refractivity contribution in [1.29, 1.82) is 0 Å². The molecule has 0 heterocycles. The van der Waals surface area contributed by atoms with Crippen LogP contribution in [0.5, 0.6) is 0 Å². The Kier molecular flexibility index (Phi) is 3.30. The molecule has 2 aromatic carbocycles. The van der Waals surface area contributed by atoms with Crippen LogP contribution < -0.4 is 0 Å². The molecule has 2 atom stereocenters. The Morgan fingerprint density at radius 2 is 1.65 bits per heavy atom. The Morgan fingerprint density at radius 1 is 0.950 bits per heavy atom. The molecule has 0 aromatic heterocycles. The van der Waals surface area contributed by atoms with Gasteiger partial charge < -0.3 is 4.90 Å². The molecule has 1 aliphatic rings. The molecular weight excluding hydrogens is 256 g/mol. The van der Waals surface area contributed by atoms with Gasteiger partial charge in [0.2, 0.25) is 0 Å². The molecule has 1 nitrogen and oxygen atoms in total. The number of benzene rings is 2. The van der Waals surface area contributed by atoms with Crippen LogP contribution in [-0.4, -0.2) is 19.0 Å². The van der Waals surface area contributed by atoms with Gasteiger partial charge in [-0.2, -0.15) is 0 Å². The molecule has 0 fully saturated rings. The first-order valence-corrected chi connectivity index (χ1v) is 6.78. The van der Waals surface area contributed by atoms with E-state index < -0.39 is 11.6 Å². The molecule has 0 radical (unpaired) electrons. The van der Waals surface area contributed by atoms with Crippen molar-refractivity contribution in [3.8, 4) is 0 Å². The van der Waals surface area contributed by atoms with Crippen LogP contribution in [0.2, 0.25) is 0 Å². The molecule has 0 bridgehead atoms. The molecule has 0 N–H and O–H groups in total. The SMILES string of the molecule is CN(C)[C@@H]1C[C@@H](c2ccc(F)c(F)c2)c2ccccc21. The summed E-state index contributed by atoms with van der Waals surface area (Å²) in [4.78, 5) is 2.18. The van der Waals surface area contributed by atoms with Crippen LogP contribution in [0.1, 0.15) is 35.1 Å². The Bertz CT molecular complexity index is 637. The molecule has 2 aromatic rings. The molecule has 3 rings (SSSR count). The van der Waals surface area contributed by atoms with E-state index in [9.17, 15) is 8.78 Å². The lowest BCUT2D eigenvalue weighted by Crippen LogP contribution is -2.17. The molecule has 0 amide bonds. The summed E-state index contributed by atoms with van der Waals surface area (Å²) in [6, 6.07) is 12.8. The molecule has 104 valence electrons. The van der Waals surface area contributed by atoms with Crippen molar-refractivity contribution in [3.63, 3.8) is 0 Å². The van der Waals surface area contributed by atoms with E-state index in [0.717, 1.165) is 12.0 Å². The van der Waals surface area contributed by atoms with Crippen molar-refractivity contribution in [2.24, 2.45) is 0 Å². The average molecular weight is 273 g/mol. The first kappa shape index (κ1) is 13.3. The smallest absolute Gasteiger partial charge is 0.159 e. The van der Waals surface area contributed by atoms with Gasteiger partial charge in [-0.15, -0.1) is 0 Å². The Morgan fingerprint density at radius 3 is 2.30 bits per heavy atom. The maximum Gasteiger partial charge on any atom is 0.159 e. The van der Waals surface area contributed by atoms with Crippen LogP contribution >= 0.6 is 0 Å². The summed E-state index contributed by atoms with van der Waals surface area (Å²) < 4.78 is 26.6. The molecule has 20 heavy (non-hydrogen) atoms. The third-order valence-corrected chi connectivity index (χ3v) is 4.16. The van der Waals surface area contributed by atoms with Crippen molar-refractivity contribution >= 4 is 0 Å². The topological polar surface area (TPSA) is 3.24 Å². The van der Waals surface area contributed by atoms with Crippen LogP contribution in [0, 0.1) is 11.6 Å². The van der Waals surface area contributed by atoms with Crippen molar-refractivity contribution in [2.45, 2.75) is 18.4 Å². The zero-order valence-electron chi connectivity index (χ0n) is 11.6. The van der Waals surface area contributed by atoms with E-state index in [-0.39, 0.29) is 5.92 Å². The second-order valence-electron chi connectivity index (χ2n) is 5.57. The fourth-order valence-corrected chi connectivity index (χ4v) is 3.14. The molecule has 0 aliphatic heterocycles. The van der Waals surface area contributed by atoms with Gasteiger partial charge >= 0.3 is 0 Å². The van der Waals surface area contributed by atoms with Crippen molar-refractivity contribution < 1.29 is 8.78 Å². The predicted molar refractivity (Wildman–Crippen MR) is 75.7 cm³/mol. The fraction of sp³-hybridized carbons (Fsp3) is 0.294. The number of halogens is 2. The van der Waals surface area contributed by atoms with Crippen LogP contribution in [-0.2, 0) is 0 Å². The maximum absolute atomic E-state index is 13.5. The van der Waals surface area contributed by atoms with Crippen LogP contribution in [0.3, 0.4) is 0 Å². The van der Waals surface area contributed by atoms with E-state index in [0.29, 0.717) is 6.04 Å². The quantitative estimate of drug-likeness (QED) is 0.796. The van der Waals surface area contributed by atoms with Crippen LogP contribution in [0.15, 0.2) is 42.5 Å². The Hall–Kier alpha value is -1.74. The van der Waals surface area contributed by atoms with Gasteiger partial charge in [0.25, 0.3) is 0 Å². The maximum atomic E-state index is 13.5. The number of rotatable bonds is 2. The largest absolute Gasteiger partial charge is 0.302 e. The summed E-state index contributed by atoms with van der Waals surface area (Å²) in [6.45, 7) is 0. The molecule has 0 spiro atoms. The van der Waals surface area contributed by atoms with Gasteiger partial charge in [0.1, 0.15) is 0 Å². The number of hydrogen-bond acceptors (Lipinski definition) is 1. The molecular formula is C17H17F2N. The highest BCUT2D eigenvalue weighted by Gasteiger charge is 2.32. The van der Waals surface area contributed by atoms with E-state index in [1.807, 2.05) is 12.1 Å². The first-order valence-electron chi connectivity index (χ1n) is 6.78. The molecule has 3 heteroatoms. The lowest BCUT2D eigenvalue weighted by atomic mass is 9.93. The molecule has 0 unspecified atom stereocenters. The van der Waals surface area contributed by atoms with Crippen molar-refractivity contribution in [3.05, 3.63) is 70.8 Å². The molecule has 1 aliphatic carbocycles. The standard InChI is InChI=1S/C17H17F2N/c1-20(2)17-10-14(12-5-3-4-6-13(12)17)11-7-8-15(18)16(19)9-11/h3-9,14,17H,10H2,1-2H3/t14-,17+/m0/s1. The predicted octanol–water partition coefficient (Wildman–Crippen LogP) is 4.10. The summed E-state index contributed by atoms with van der Waals surface area (Å²) in [6.07, 6.45) is 0.900. The number of hydrogen-bond donors (Lipinski definition) is 0. The third kappa shape index (κ3) is 2.12.